The molecule has 0 radical (unpaired) electrons. The van der Waals surface area contributed by atoms with Crippen LogP contribution in [0.2, 0.25) is 0 Å². The van der Waals surface area contributed by atoms with Gasteiger partial charge < -0.3 is 15.2 Å². The average Bonchev–Trinajstić information content (AvgIpc) is 2.55. The normalized spacial score (nSPS) is 26.1. The number of aromatic nitrogens is 2. The fourth-order valence-corrected chi connectivity index (χ4v) is 2.02. The largest absolute Gasteiger partial charge is 0.480 e. The zero-order chi connectivity index (χ0) is 11.4. The number of ether oxygens (including phenoxy) is 2. The van der Waals surface area contributed by atoms with Gasteiger partial charge in [0.1, 0.15) is 5.69 Å². The third-order valence-corrected chi connectivity index (χ3v) is 2.93. The number of hydrogen-bond acceptors (Lipinski definition) is 5. The van der Waals surface area contributed by atoms with Gasteiger partial charge >= 0.3 is 0 Å². The van der Waals surface area contributed by atoms with E-state index in [-0.39, 0.29) is 0 Å². The molecular formula is C11H17N3O2. The molecule has 88 valence electrons. The number of hydrogen-bond donors (Lipinski definition) is 1. The molecule has 1 aliphatic rings. The van der Waals surface area contributed by atoms with Gasteiger partial charge in [0, 0.05) is 25.6 Å². The summed E-state index contributed by atoms with van der Waals surface area (Å²) in [4.78, 5) is 8.46. The second-order valence-electron chi connectivity index (χ2n) is 4.04. The molecule has 1 saturated heterocycles. The maximum atomic E-state index is 6.39. The molecule has 2 N–H and O–H groups in total. The van der Waals surface area contributed by atoms with Gasteiger partial charge in [-0.2, -0.15) is 0 Å². The summed E-state index contributed by atoms with van der Waals surface area (Å²) in [5.74, 6) is 0.520. The molecule has 0 aliphatic carbocycles. The number of rotatable bonds is 2. The van der Waals surface area contributed by atoms with Crippen molar-refractivity contribution in [1.82, 2.24) is 9.97 Å². The van der Waals surface area contributed by atoms with Gasteiger partial charge in [-0.1, -0.05) is 0 Å². The molecule has 1 fully saturated rings. The Kier molecular flexibility index (Phi) is 3.36. The van der Waals surface area contributed by atoms with Gasteiger partial charge in [-0.3, -0.25) is 4.98 Å². The molecule has 0 spiro atoms. The highest BCUT2D eigenvalue weighted by atomic mass is 16.5. The van der Waals surface area contributed by atoms with Gasteiger partial charge in [-0.25, -0.2) is 4.98 Å². The molecule has 0 amide bonds. The van der Waals surface area contributed by atoms with Crippen LogP contribution in [0.15, 0.2) is 12.4 Å². The smallest absolute Gasteiger partial charge is 0.237 e. The molecule has 1 aromatic heterocycles. The third-order valence-electron chi connectivity index (χ3n) is 2.93. The number of nitrogens with two attached hydrogens (primary N) is 1. The Morgan fingerprint density at radius 2 is 2.12 bits per heavy atom. The summed E-state index contributed by atoms with van der Waals surface area (Å²) in [6.07, 6.45) is 5.80. The monoisotopic (exact) mass is 223 g/mol. The maximum absolute atomic E-state index is 6.39. The molecule has 2 heterocycles. The van der Waals surface area contributed by atoms with E-state index in [4.69, 9.17) is 15.2 Å². The first-order valence-corrected chi connectivity index (χ1v) is 5.48. The van der Waals surface area contributed by atoms with E-state index in [1.165, 1.54) is 0 Å². The van der Waals surface area contributed by atoms with Crippen molar-refractivity contribution in [2.24, 2.45) is 5.73 Å². The van der Waals surface area contributed by atoms with Gasteiger partial charge in [0.05, 0.1) is 12.6 Å². The van der Waals surface area contributed by atoms with Crippen LogP contribution in [0.5, 0.6) is 5.88 Å². The zero-order valence-corrected chi connectivity index (χ0v) is 9.48. The zero-order valence-electron chi connectivity index (χ0n) is 9.48. The summed E-state index contributed by atoms with van der Waals surface area (Å²) in [5.41, 5.74) is 6.66. The molecule has 16 heavy (non-hydrogen) atoms. The minimum atomic E-state index is -0.476. The van der Waals surface area contributed by atoms with Gasteiger partial charge in [0.25, 0.3) is 0 Å². The topological polar surface area (TPSA) is 70.3 Å². The Balaban J connectivity index is 2.32. The molecule has 5 heteroatoms. The highest BCUT2D eigenvalue weighted by Crippen LogP contribution is 2.32. The first kappa shape index (κ1) is 11.3. The standard InChI is InChI=1S/C11H17N3O2/c1-15-10-9(13-5-6-14-10)11(12)3-2-7-16-8-4-11/h5-6H,2-4,7-8,12H2,1H3. The lowest BCUT2D eigenvalue weighted by Gasteiger charge is -2.27. The molecule has 1 unspecified atom stereocenters. The Morgan fingerprint density at radius 1 is 1.31 bits per heavy atom. The fraction of sp³-hybridized carbons (Fsp3) is 0.636. The van der Waals surface area contributed by atoms with E-state index in [0.717, 1.165) is 31.6 Å². The summed E-state index contributed by atoms with van der Waals surface area (Å²) in [6, 6.07) is 0. The van der Waals surface area contributed by atoms with Crippen molar-refractivity contribution < 1.29 is 9.47 Å². The van der Waals surface area contributed by atoms with Crippen LogP contribution in [0.4, 0.5) is 0 Å². The van der Waals surface area contributed by atoms with Gasteiger partial charge in [0.2, 0.25) is 5.88 Å². The number of nitrogens with zero attached hydrogens (tertiary/aromatic N) is 2. The Labute approximate surface area is 95.0 Å². The second kappa shape index (κ2) is 4.76. The van der Waals surface area contributed by atoms with Crippen LogP contribution in [0.25, 0.3) is 0 Å². The van der Waals surface area contributed by atoms with Crippen molar-refractivity contribution in [3.8, 4) is 5.88 Å². The molecule has 1 aromatic rings. The minimum Gasteiger partial charge on any atom is -0.480 e. The third kappa shape index (κ3) is 2.15. The number of methoxy groups -OCH3 is 1. The van der Waals surface area contributed by atoms with Crippen LogP contribution in [0.3, 0.4) is 0 Å². The lowest BCUT2D eigenvalue weighted by atomic mass is 9.88. The lowest BCUT2D eigenvalue weighted by Crippen LogP contribution is -2.38. The second-order valence-corrected chi connectivity index (χ2v) is 4.04. The Bertz CT molecular complexity index is 349. The molecule has 0 aromatic carbocycles. The van der Waals surface area contributed by atoms with Crippen molar-refractivity contribution in [1.29, 1.82) is 0 Å². The van der Waals surface area contributed by atoms with E-state index < -0.39 is 5.54 Å². The van der Waals surface area contributed by atoms with E-state index in [0.29, 0.717) is 12.5 Å². The first-order valence-electron chi connectivity index (χ1n) is 5.48. The van der Waals surface area contributed by atoms with Gasteiger partial charge in [-0.15, -0.1) is 0 Å². The highest BCUT2D eigenvalue weighted by Gasteiger charge is 2.33. The summed E-state index contributed by atoms with van der Waals surface area (Å²) in [5, 5.41) is 0. The summed E-state index contributed by atoms with van der Waals surface area (Å²) in [7, 11) is 1.59. The van der Waals surface area contributed by atoms with Crippen LogP contribution in [-0.4, -0.2) is 30.3 Å². The van der Waals surface area contributed by atoms with E-state index in [1.807, 2.05) is 0 Å². The van der Waals surface area contributed by atoms with Crippen LogP contribution in [0, 0.1) is 0 Å². The Hall–Kier alpha value is -1.20. The van der Waals surface area contributed by atoms with Crippen LogP contribution in [-0.2, 0) is 10.3 Å². The van der Waals surface area contributed by atoms with E-state index in [2.05, 4.69) is 9.97 Å². The van der Waals surface area contributed by atoms with E-state index in [1.54, 1.807) is 19.5 Å². The molecular weight excluding hydrogens is 206 g/mol. The quantitative estimate of drug-likeness (QED) is 0.804. The van der Waals surface area contributed by atoms with Gasteiger partial charge in [0.15, 0.2) is 0 Å². The van der Waals surface area contributed by atoms with Crippen molar-refractivity contribution in [3.05, 3.63) is 18.1 Å². The van der Waals surface area contributed by atoms with Crippen LogP contribution >= 0.6 is 0 Å². The molecule has 2 rings (SSSR count). The van der Waals surface area contributed by atoms with E-state index in [9.17, 15) is 0 Å². The fourth-order valence-electron chi connectivity index (χ4n) is 2.02. The molecule has 0 bridgehead atoms. The average molecular weight is 223 g/mol. The van der Waals surface area contributed by atoms with Crippen molar-refractivity contribution >= 4 is 0 Å². The molecule has 0 saturated carbocycles. The maximum Gasteiger partial charge on any atom is 0.237 e. The van der Waals surface area contributed by atoms with E-state index >= 15 is 0 Å². The van der Waals surface area contributed by atoms with Crippen molar-refractivity contribution in [2.45, 2.75) is 24.8 Å². The summed E-state index contributed by atoms with van der Waals surface area (Å²) in [6.45, 7) is 1.43. The predicted octanol–water partition coefficient (Wildman–Crippen LogP) is 0.840. The van der Waals surface area contributed by atoms with Crippen LogP contribution in [0.1, 0.15) is 25.0 Å². The van der Waals surface area contributed by atoms with Gasteiger partial charge in [-0.05, 0) is 19.3 Å². The molecule has 1 aliphatic heterocycles. The minimum absolute atomic E-state index is 0.476. The highest BCUT2D eigenvalue weighted by molar-refractivity contribution is 5.26. The van der Waals surface area contributed by atoms with Crippen molar-refractivity contribution in [3.63, 3.8) is 0 Å². The summed E-state index contributed by atoms with van der Waals surface area (Å²) < 4.78 is 10.6. The Morgan fingerprint density at radius 3 is 2.94 bits per heavy atom. The predicted molar refractivity (Wildman–Crippen MR) is 59.1 cm³/mol. The first-order chi connectivity index (χ1) is 7.76. The van der Waals surface area contributed by atoms with Crippen molar-refractivity contribution in [2.75, 3.05) is 20.3 Å². The molecule has 1 atom stereocenters. The van der Waals surface area contributed by atoms with Crippen LogP contribution < -0.4 is 10.5 Å². The SMILES string of the molecule is COc1nccnc1C1(N)CCCOCC1. The summed E-state index contributed by atoms with van der Waals surface area (Å²) >= 11 is 0. The molecule has 5 nitrogen and oxygen atoms in total. The lowest BCUT2D eigenvalue weighted by molar-refractivity contribution is 0.139.